The first kappa shape index (κ1) is 27.0. The number of halogens is 1. The van der Waals surface area contributed by atoms with Crippen LogP contribution in [0.3, 0.4) is 0 Å². The van der Waals surface area contributed by atoms with Gasteiger partial charge in [0.1, 0.15) is 24.7 Å². The number of hydrogen-bond donors (Lipinski definition) is 1. The highest BCUT2D eigenvalue weighted by Gasteiger charge is 2.24. The maximum absolute atomic E-state index is 12.5. The Morgan fingerprint density at radius 2 is 1.76 bits per heavy atom. The number of rotatable bonds is 10. The summed E-state index contributed by atoms with van der Waals surface area (Å²) in [6.45, 7) is -0.0765. The lowest BCUT2D eigenvalue weighted by molar-refractivity contribution is -0.119. The number of hydrogen-bond acceptors (Lipinski definition) is 6. The highest BCUT2D eigenvalue weighted by Crippen LogP contribution is 2.32. The zero-order chi connectivity index (χ0) is 27.1. The standard InChI is InChI=1S/C28H26ClN3O5S/c1-36-27-15-12-23(29)16-26(27)32(38(2,34)35)18-28(33)31-30-17-20-10-13-24(14-11-20)37-19-22-8-5-7-21-6-3-4-9-25(21)22/h3-17H,18-19H2,1-2H3,(H,31,33)/b30-17-. The number of amides is 1. The highest BCUT2D eigenvalue weighted by atomic mass is 35.5. The van der Waals surface area contributed by atoms with E-state index in [0.29, 0.717) is 17.4 Å². The van der Waals surface area contributed by atoms with Gasteiger partial charge in [0.25, 0.3) is 5.91 Å². The van der Waals surface area contributed by atoms with Gasteiger partial charge in [0.15, 0.2) is 0 Å². The summed E-state index contributed by atoms with van der Waals surface area (Å²) in [5.74, 6) is 0.320. The highest BCUT2D eigenvalue weighted by molar-refractivity contribution is 7.92. The van der Waals surface area contributed by atoms with E-state index in [1.165, 1.54) is 25.5 Å². The Labute approximate surface area is 226 Å². The minimum absolute atomic E-state index is 0.153. The number of ether oxygens (including phenoxy) is 2. The van der Waals surface area contributed by atoms with Gasteiger partial charge in [-0.25, -0.2) is 13.8 Å². The van der Waals surface area contributed by atoms with Crippen LogP contribution in [0.2, 0.25) is 5.02 Å². The Kier molecular flexibility index (Phi) is 8.50. The number of nitrogens with one attached hydrogen (secondary N) is 1. The maximum Gasteiger partial charge on any atom is 0.260 e. The van der Waals surface area contributed by atoms with Gasteiger partial charge in [0.05, 0.1) is 25.3 Å². The molecule has 0 fully saturated rings. The van der Waals surface area contributed by atoms with E-state index in [2.05, 4.69) is 28.7 Å². The smallest absolute Gasteiger partial charge is 0.260 e. The number of anilines is 1. The van der Waals surface area contributed by atoms with Gasteiger partial charge in [0, 0.05) is 5.02 Å². The molecule has 0 aromatic heterocycles. The maximum atomic E-state index is 12.5. The van der Waals surface area contributed by atoms with E-state index in [4.69, 9.17) is 21.1 Å². The van der Waals surface area contributed by atoms with Gasteiger partial charge in [-0.05, 0) is 64.4 Å². The van der Waals surface area contributed by atoms with Crippen molar-refractivity contribution < 1.29 is 22.7 Å². The Morgan fingerprint density at radius 3 is 2.50 bits per heavy atom. The molecule has 1 N–H and O–H groups in total. The molecule has 0 aliphatic heterocycles. The molecule has 0 unspecified atom stereocenters. The minimum Gasteiger partial charge on any atom is -0.495 e. The first-order chi connectivity index (χ1) is 18.2. The molecule has 0 radical (unpaired) electrons. The average Bonchev–Trinajstić information content (AvgIpc) is 2.90. The van der Waals surface area contributed by atoms with Crippen molar-refractivity contribution in [1.29, 1.82) is 0 Å². The summed E-state index contributed by atoms with van der Waals surface area (Å²) in [7, 11) is -2.41. The molecule has 10 heteroatoms. The van der Waals surface area contributed by atoms with Crippen LogP contribution in [0.1, 0.15) is 11.1 Å². The summed E-state index contributed by atoms with van der Waals surface area (Å²) in [5.41, 5.74) is 4.32. The number of methoxy groups -OCH3 is 1. The van der Waals surface area contributed by atoms with Crippen molar-refractivity contribution in [2.75, 3.05) is 24.2 Å². The van der Waals surface area contributed by atoms with Crippen molar-refractivity contribution in [2.45, 2.75) is 6.61 Å². The molecule has 0 atom stereocenters. The minimum atomic E-state index is -3.81. The summed E-state index contributed by atoms with van der Waals surface area (Å²) in [6.07, 6.45) is 2.45. The van der Waals surface area contributed by atoms with Gasteiger partial charge >= 0.3 is 0 Å². The predicted molar refractivity (Wildman–Crippen MR) is 151 cm³/mol. The monoisotopic (exact) mass is 551 g/mol. The van der Waals surface area contributed by atoms with Crippen LogP contribution in [0.25, 0.3) is 10.8 Å². The molecular formula is C28H26ClN3O5S. The quantitative estimate of drug-likeness (QED) is 0.221. The van der Waals surface area contributed by atoms with E-state index < -0.39 is 22.5 Å². The van der Waals surface area contributed by atoms with Crippen LogP contribution in [-0.2, 0) is 21.4 Å². The average molecular weight is 552 g/mol. The van der Waals surface area contributed by atoms with Crippen molar-refractivity contribution in [3.8, 4) is 11.5 Å². The molecule has 0 aliphatic carbocycles. The van der Waals surface area contributed by atoms with Crippen LogP contribution in [0.15, 0.2) is 90.0 Å². The van der Waals surface area contributed by atoms with Crippen LogP contribution in [0.5, 0.6) is 11.5 Å². The van der Waals surface area contributed by atoms with Gasteiger partial charge in [-0.1, -0.05) is 54.1 Å². The number of fused-ring (bicyclic) bond motifs is 1. The molecule has 196 valence electrons. The molecule has 0 saturated carbocycles. The molecule has 4 rings (SSSR count). The van der Waals surface area contributed by atoms with Crippen molar-refractivity contribution in [2.24, 2.45) is 5.10 Å². The molecule has 38 heavy (non-hydrogen) atoms. The third-order valence-corrected chi connectivity index (χ3v) is 7.02. The number of sulfonamides is 1. The fraction of sp³-hybridized carbons (Fsp3) is 0.143. The first-order valence-electron chi connectivity index (χ1n) is 11.6. The predicted octanol–water partition coefficient (Wildman–Crippen LogP) is 5.00. The zero-order valence-electron chi connectivity index (χ0n) is 20.8. The number of benzene rings is 4. The van der Waals surface area contributed by atoms with Crippen molar-refractivity contribution >= 4 is 50.2 Å². The summed E-state index contributed by atoms with van der Waals surface area (Å²) < 4.78 is 36.8. The number of nitrogens with zero attached hydrogens (tertiary/aromatic N) is 2. The Balaban J connectivity index is 1.36. The molecule has 1 amide bonds. The molecule has 8 nitrogen and oxygen atoms in total. The van der Waals surface area contributed by atoms with Crippen LogP contribution >= 0.6 is 11.6 Å². The normalized spacial score (nSPS) is 11.4. The second kappa shape index (κ2) is 12.0. The lowest BCUT2D eigenvalue weighted by atomic mass is 10.1. The van der Waals surface area contributed by atoms with E-state index in [1.807, 2.05) is 36.4 Å². The van der Waals surface area contributed by atoms with Crippen molar-refractivity contribution in [3.63, 3.8) is 0 Å². The van der Waals surface area contributed by atoms with Crippen molar-refractivity contribution in [1.82, 2.24) is 5.43 Å². The largest absolute Gasteiger partial charge is 0.495 e. The Bertz CT molecular complexity index is 1570. The number of hydrazone groups is 1. The topological polar surface area (TPSA) is 97.3 Å². The second-order valence-corrected chi connectivity index (χ2v) is 10.7. The van der Waals surface area contributed by atoms with E-state index in [-0.39, 0.29) is 11.4 Å². The third-order valence-electron chi connectivity index (χ3n) is 5.65. The summed E-state index contributed by atoms with van der Waals surface area (Å²) in [4.78, 5) is 12.5. The summed E-state index contributed by atoms with van der Waals surface area (Å²) in [5, 5.41) is 6.56. The van der Waals surface area contributed by atoms with Crippen LogP contribution in [-0.4, -0.2) is 40.4 Å². The van der Waals surface area contributed by atoms with Gasteiger partial charge in [-0.15, -0.1) is 0 Å². The van der Waals surface area contributed by atoms with Crippen LogP contribution in [0, 0.1) is 0 Å². The lowest BCUT2D eigenvalue weighted by Gasteiger charge is -2.23. The molecule has 4 aromatic carbocycles. The second-order valence-electron chi connectivity index (χ2n) is 8.37. The fourth-order valence-electron chi connectivity index (χ4n) is 3.81. The number of carbonyl (C=O) groups is 1. The summed E-state index contributed by atoms with van der Waals surface area (Å²) >= 11 is 6.03. The molecular weight excluding hydrogens is 526 g/mol. The van der Waals surface area contributed by atoms with E-state index in [9.17, 15) is 13.2 Å². The Hall–Kier alpha value is -4.08. The Morgan fingerprint density at radius 1 is 1.03 bits per heavy atom. The molecule has 4 aromatic rings. The number of carbonyl (C=O) groups excluding carboxylic acids is 1. The summed E-state index contributed by atoms with van der Waals surface area (Å²) in [6, 6.07) is 26.0. The van der Waals surface area contributed by atoms with Gasteiger partial charge in [-0.3, -0.25) is 9.10 Å². The third kappa shape index (κ3) is 6.81. The molecule has 0 bridgehead atoms. The van der Waals surface area contributed by atoms with Crippen molar-refractivity contribution in [3.05, 3.63) is 101 Å². The lowest BCUT2D eigenvalue weighted by Crippen LogP contribution is -2.39. The van der Waals surface area contributed by atoms with Gasteiger partial charge in [-0.2, -0.15) is 5.10 Å². The molecule has 0 saturated heterocycles. The fourth-order valence-corrected chi connectivity index (χ4v) is 4.83. The molecule has 0 heterocycles. The van der Waals surface area contributed by atoms with Gasteiger partial charge < -0.3 is 9.47 Å². The molecule has 0 aliphatic rings. The van der Waals surface area contributed by atoms with Crippen LogP contribution in [0.4, 0.5) is 5.69 Å². The first-order valence-corrected chi connectivity index (χ1v) is 13.8. The van der Waals surface area contributed by atoms with E-state index in [1.54, 1.807) is 18.2 Å². The SMILES string of the molecule is COc1ccc(Cl)cc1N(CC(=O)N/N=C\c1ccc(OCc2cccc3ccccc23)cc1)S(C)(=O)=O. The van der Waals surface area contributed by atoms with Gasteiger partial charge in [0.2, 0.25) is 10.0 Å². The van der Waals surface area contributed by atoms with Crippen LogP contribution < -0.4 is 19.2 Å². The van der Waals surface area contributed by atoms with E-state index in [0.717, 1.165) is 32.5 Å². The zero-order valence-corrected chi connectivity index (χ0v) is 22.4. The molecule has 0 spiro atoms. The van der Waals surface area contributed by atoms with E-state index >= 15 is 0 Å².